The number of carbonyl (C=O) groups excluding carboxylic acids is 1. The number of nitrogens with zero attached hydrogens (tertiary/aromatic N) is 1. The van der Waals surface area contributed by atoms with E-state index in [1.165, 1.54) is 41.6 Å². The van der Waals surface area contributed by atoms with E-state index in [2.05, 4.69) is 34.6 Å². The maximum Gasteiger partial charge on any atom is 0.238 e. The summed E-state index contributed by atoms with van der Waals surface area (Å²) in [5.41, 5.74) is 6.53. The van der Waals surface area contributed by atoms with Crippen molar-refractivity contribution in [2.75, 3.05) is 5.32 Å². The van der Waals surface area contributed by atoms with Gasteiger partial charge in [-0.1, -0.05) is 71.4 Å². The van der Waals surface area contributed by atoms with Crippen molar-refractivity contribution < 1.29 is 13.2 Å². The van der Waals surface area contributed by atoms with Crippen LogP contribution in [0.4, 0.5) is 5.69 Å². The van der Waals surface area contributed by atoms with Crippen LogP contribution < -0.4 is 10.5 Å². The lowest BCUT2D eigenvalue weighted by Gasteiger charge is -2.11. The summed E-state index contributed by atoms with van der Waals surface area (Å²) in [5.74, 6) is -0.233. The molecule has 1 atom stereocenters. The van der Waals surface area contributed by atoms with Crippen LogP contribution in [0.2, 0.25) is 0 Å². The first-order chi connectivity index (χ1) is 16.6. The van der Waals surface area contributed by atoms with E-state index < -0.39 is 15.3 Å². The van der Waals surface area contributed by atoms with Crippen molar-refractivity contribution in [2.45, 2.75) is 36.1 Å². The number of H-pyrrole nitrogens is 1. The highest BCUT2D eigenvalue weighted by atomic mass is 32.2. The standard InChI is InChI=1S/C26H26N4O3S2/c1-16-4-8-19(9-5-16)23-24(20-10-6-17(2)7-11-20)30-26(29-23)34-18(3)25(31)28-21-12-14-22(15-13-21)35(27,32)33/h4-15,18H,1-3H3,(H,28,31)(H,29,30)(H2,27,32,33)/t18-/m0/s1. The molecular weight excluding hydrogens is 480 g/mol. The molecule has 180 valence electrons. The number of sulfonamides is 1. The van der Waals surface area contributed by atoms with Gasteiger partial charge < -0.3 is 10.3 Å². The molecule has 3 aromatic carbocycles. The van der Waals surface area contributed by atoms with Crippen molar-refractivity contribution >= 4 is 33.4 Å². The van der Waals surface area contributed by atoms with E-state index in [1.54, 1.807) is 6.92 Å². The number of thioether (sulfide) groups is 1. The zero-order valence-electron chi connectivity index (χ0n) is 19.6. The zero-order chi connectivity index (χ0) is 25.2. The molecule has 0 fully saturated rings. The third-order valence-electron chi connectivity index (χ3n) is 5.46. The maximum atomic E-state index is 12.8. The second-order valence-electron chi connectivity index (χ2n) is 8.32. The molecule has 4 N–H and O–H groups in total. The van der Waals surface area contributed by atoms with Gasteiger partial charge >= 0.3 is 0 Å². The van der Waals surface area contributed by atoms with Gasteiger partial charge in [0.05, 0.1) is 21.5 Å². The molecule has 0 saturated heterocycles. The number of rotatable bonds is 7. The molecule has 0 aliphatic heterocycles. The van der Waals surface area contributed by atoms with Gasteiger partial charge in [-0.25, -0.2) is 18.5 Å². The Kier molecular flexibility index (Phi) is 7.11. The number of aromatic amines is 1. The number of benzene rings is 3. The minimum absolute atomic E-state index is 0.0132. The Bertz CT molecular complexity index is 1380. The monoisotopic (exact) mass is 506 g/mol. The topological polar surface area (TPSA) is 118 Å². The molecule has 0 bridgehead atoms. The molecule has 0 radical (unpaired) electrons. The van der Waals surface area contributed by atoms with Crippen LogP contribution >= 0.6 is 11.8 Å². The fraction of sp³-hybridized carbons (Fsp3) is 0.154. The summed E-state index contributed by atoms with van der Waals surface area (Å²) >= 11 is 1.31. The number of imidazole rings is 1. The predicted molar refractivity (Wildman–Crippen MR) is 141 cm³/mol. The van der Waals surface area contributed by atoms with Crippen molar-refractivity contribution in [2.24, 2.45) is 5.14 Å². The minimum Gasteiger partial charge on any atom is -0.332 e. The summed E-state index contributed by atoms with van der Waals surface area (Å²) in [7, 11) is -3.79. The number of carbonyl (C=O) groups is 1. The first-order valence-electron chi connectivity index (χ1n) is 10.9. The quantitative estimate of drug-likeness (QED) is 0.301. The second kappa shape index (κ2) is 10.1. The van der Waals surface area contributed by atoms with Crippen LogP contribution in [0.5, 0.6) is 0 Å². The first-order valence-corrected chi connectivity index (χ1v) is 13.4. The Morgan fingerprint density at radius 2 is 1.46 bits per heavy atom. The van der Waals surface area contributed by atoms with E-state index in [4.69, 9.17) is 10.1 Å². The molecule has 0 saturated carbocycles. The fourth-order valence-electron chi connectivity index (χ4n) is 3.45. The number of nitrogens with two attached hydrogens (primary N) is 1. The van der Waals surface area contributed by atoms with E-state index >= 15 is 0 Å². The van der Waals surface area contributed by atoms with Crippen molar-refractivity contribution in [3.05, 3.63) is 83.9 Å². The number of primary sulfonamides is 1. The molecule has 9 heteroatoms. The van der Waals surface area contributed by atoms with Crippen LogP contribution in [-0.4, -0.2) is 29.5 Å². The van der Waals surface area contributed by atoms with Crippen LogP contribution in [0.25, 0.3) is 22.5 Å². The molecule has 1 amide bonds. The molecule has 0 spiro atoms. The minimum atomic E-state index is -3.79. The zero-order valence-corrected chi connectivity index (χ0v) is 21.2. The Labute approximate surface area is 209 Å². The maximum absolute atomic E-state index is 12.8. The molecule has 4 rings (SSSR count). The molecule has 0 aliphatic rings. The van der Waals surface area contributed by atoms with Crippen molar-refractivity contribution in [3.8, 4) is 22.5 Å². The summed E-state index contributed by atoms with van der Waals surface area (Å²) in [6.45, 7) is 5.87. The average Bonchev–Trinajstić information content (AvgIpc) is 3.23. The van der Waals surface area contributed by atoms with Crippen LogP contribution in [0.15, 0.2) is 82.8 Å². The Morgan fingerprint density at radius 3 is 2.00 bits per heavy atom. The van der Waals surface area contributed by atoms with Gasteiger partial charge in [0.15, 0.2) is 5.16 Å². The summed E-state index contributed by atoms with van der Waals surface area (Å²) in [4.78, 5) is 21.0. The Hall–Kier alpha value is -3.40. The highest BCUT2D eigenvalue weighted by molar-refractivity contribution is 8.00. The van der Waals surface area contributed by atoms with Crippen LogP contribution in [-0.2, 0) is 14.8 Å². The SMILES string of the molecule is Cc1ccc(-c2nc(S[C@@H](C)C(=O)Nc3ccc(S(N)(=O)=O)cc3)[nH]c2-c2ccc(C)cc2)cc1. The fourth-order valence-corrected chi connectivity index (χ4v) is 4.77. The number of aromatic nitrogens is 2. The molecule has 0 aliphatic carbocycles. The highest BCUT2D eigenvalue weighted by Crippen LogP contribution is 2.34. The van der Waals surface area contributed by atoms with Crippen molar-refractivity contribution in [1.82, 2.24) is 9.97 Å². The van der Waals surface area contributed by atoms with Crippen LogP contribution in [0.3, 0.4) is 0 Å². The van der Waals surface area contributed by atoms with E-state index in [9.17, 15) is 13.2 Å². The summed E-state index contributed by atoms with van der Waals surface area (Å²) in [5, 5.41) is 8.09. The molecule has 4 aromatic rings. The van der Waals surface area contributed by atoms with Gasteiger partial charge in [-0.15, -0.1) is 0 Å². The Balaban J connectivity index is 1.56. The molecule has 7 nitrogen and oxygen atoms in total. The lowest BCUT2D eigenvalue weighted by molar-refractivity contribution is -0.115. The number of amides is 1. The second-order valence-corrected chi connectivity index (χ2v) is 11.2. The largest absolute Gasteiger partial charge is 0.332 e. The van der Waals surface area contributed by atoms with Crippen LogP contribution in [0, 0.1) is 13.8 Å². The van der Waals surface area contributed by atoms with Gasteiger partial charge in [0.25, 0.3) is 0 Å². The molecule has 35 heavy (non-hydrogen) atoms. The molecule has 0 unspecified atom stereocenters. The number of hydrogen-bond acceptors (Lipinski definition) is 5. The molecule has 1 heterocycles. The molecule has 1 aromatic heterocycles. The number of anilines is 1. The van der Waals surface area contributed by atoms with Gasteiger partial charge in [-0.2, -0.15) is 0 Å². The summed E-state index contributed by atoms with van der Waals surface area (Å²) in [6.07, 6.45) is 0. The van der Waals surface area contributed by atoms with Gasteiger partial charge in [-0.05, 0) is 45.0 Å². The van der Waals surface area contributed by atoms with Gasteiger partial charge in [0.2, 0.25) is 15.9 Å². The number of nitrogens with one attached hydrogen (secondary N) is 2. The highest BCUT2D eigenvalue weighted by Gasteiger charge is 2.20. The van der Waals surface area contributed by atoms with Gasteiger partial charge in [-0.3, -0.25) is 4.79 Å². The van der Waals surface area contributed by atoms with Gasteiger partial charge in [0, 0.05) is 16.8 Å². The van der Waals surface area contributed by atoms with Crippen LogP contribution in [0.1, 0.15) is 18.1 Å². The first kappa shape index (κ1) is 24.7. The third-order valence-corrected chi connectivity index (χ3v) is 7.37. The number of hydrogen-bond donors (Lipinski definition) is 3. The molecular formula is C26H26N4O3S2. The Morgan fingerprint density at radius 1 is 0.914 bits per heavy atom. The van der Waals surface area contributed by atoms with E-state index in [0.717, 1.165) is 28.1 Å². The smallest absolute Gasteiger partial charge is 0.238 e. The van der Waals surface area contributed by atoms with E-state index in [1.807, 2.05) is 38.1 Å². The summed E-state index contributed by atoms with van der Waals surface area (Å²) < 4.78 is 22.8. The normalized spacial score (nSPS) is 12.3. The third kappa shape index (κ3) is 6.00. The van der Waals surface area contributed by atoms with Crippen molar-refractivity contribution in [1.29, 1.82) is 0 Å². The number of aryl methyl sites for hydroxylation is 2. The predicted octanol–water partition coefficient (Wildman–Crippen LogP) is 5.13. The van der Waals surface area contributed by atoms with E-state index in [-0.39, 0.29) is 10.8 Å². The van der Waals surface area contributed by atoms with E-state index in [0.29, 0.717) is 10.8 Å². The summed E-state index contributed by atoms with van der Waals surface area (Å²) in [6, 6.07) is 22.1. The lowest BCUT2D eigenvalue weighted by atomic mass is 10.0. The van der Waals surface area contributed by atoms with Crippen molar-refractivity contribution in [3.63, 3.8) is 0 Å². The van der Waals surface area contributed by atoms with Gasteiger partial charge in [0.1, 0.15) is 0 Å². The average molecular weight is 507 g/mol. The lowest BCUT2D eigenvalue weighted by Crippen LogP contribution is -2.22.